The molecule has 24 nitrogen and oxygen atoms in total. The van der Waals surface area contributed by atoms with Gasteiger partial charge < -0.3 is 60.8 Å². The van der Waals surface area contributed by atoms with Gasteiger partial charge in [0.15, 0.2) is 0 Å². The van der Waals surface area contributed by atoms with E-state index in [0.717, 1.165) is 108 Å². The van der Waals surface area contributed by atoms with Crippen LogP contribution in [-0.2, 0) is 19.2 Å². The second-order valence-electron chi connectivity index (χ2n) is 33.1. The molecule has 8 aliphatic rings. The van der Waals surface area contributed by atoms with Crippen LogP contribution in [0.2, 0.25) is 0 Å². The number of H-pyrrole nitrogens is 4. The Kier molecular flexibility index (Phi) is 22.5. The summed E-state index contributed by atoms with van der Waals surface area (Å²) >= 11 is 0. The molecule has 8 aromatic heterocycles. The molecule has 4 saturated heterocycles. The number of aromatic amines is 4. The fraction of sp³-hybridized carbons (Fsp3) is 0.561. The number of likely N-dealkylation sites (tertiary alicyclic amines) is 4. The largest absolute Gasteiger partial charge is 0.365 e. The van der Waals surface area contributed by atoms with Crippen LogP contribution in [0.5, 0.6) is 0 Å². The van der Waals surface area contributed by atoms with E-state index in [1.165, 1.54) is 49.6 Å². The molecule has 0 spiro atoms. The van der Waals surface area contributed by atoms with E-state index in [1.54, 1.807) is 27.7 Å². The van der Waals surface area contributed by atoms with Gasteiger partial charge >= 0.3 is 0 Å². The summed E-state index contributed by atoms with van der Waals surface area (Å²) in [5.74, 6) is 3.02. The second kappa shape index (κ2) is 31.5. The second-order valence-corrected chi connectivity index (χ2v) is 33.1. The van der Waals surface area contributed by atoms with Gasteiger partial charge in [0.1, 0.15) is 93.8 Å². The number of carbonyl (C=O) groups excluding carboxylic acids is 4. The average Bonchev–Trinajstić information content (AvgIpc) is 1.60. The van der Waals surface area contributed by atoms with E-state index in [-0.39, 0.29) is 95.6 Å². The van der Waals surface area contributed by atoms with Crippen LogP contribution in [-0.4, -0.2) is 200 Å². The van der Waals surface area contributed by atoms with Gasteiger partial charge in [0, 0.05) is 123 Å². The summed E-state index contributed by atoms with van der Waals surface area (Å²) in [6.07, 6.45) is 30.5. The molecule has 16 atom stereocenters. The van der Waals surface area contributed by atoms with Crippen molar-refractivity contribution in [2.45, 2.75) is 254 Å². The van der Waals surface area contributed by atoms with Gasteiger partial charge in [-0.1, -0.05) is 67.9 Å². The molecule has 0 aromatic carbocycles. The number of nitrogens with one attached hydrogen (secondary N) is 8. The number of halogens is 4. The fourth-order valence-electron chi connectivity index (χ4n) is 17.6. The van der Waals surface area contributed by atoms with Crippen molar-refractivity contribution in [2.75, 3.05) is 47.4 Å². The molecule has 8 fully saturated rings. The predicted octanol–water partition coefficient (Wildman–Crippen LogP) is 14.7. The lowest BCUT2D eigenvalue weighted by Crippen LogP contribution is -2.52. The van der Waals surface area contributed by atoms with Crippen molar-refractivity contribution >= 4 is 91.0 Å². The van der Waals surface area contributed by atoms with E-state index in [0.29, 0.717) is 110 Å². The van der Waals surface area contributed by atoms with Crippen LogP contribution in [0, 0.1) is 11.8 Å². The molecule has 28 heteroatoms. The van der Waals surface area contributed by atoms with Crippen molar-refractivity contribution in [3.8, 4) is 0 Å². The van der Waals surface area contributed by atoms with Crippen molar-refractivity contribution in [2.24, 2.45) is 11.8 Å². The number of rotatable bonds is 20. The average molecular weight is 1510 g/mol. The minimum absolute atomic E-state index is 0.0327. The zero-order valence-corrected chi connectivity index (χ0v) is 65.1. The minimum Gasteiger partial charge on any atom is -0.365 e. The van der Waals surface area contributed by atoms with Gasteiger partial charge in [-0.25, -0.2) is 57.4 Å². The van der Waals surface area contributed by atoms with Crippen LogP contribution in [0.15, 0.2) is 101 Å². The zero-order valence-electron chi connectivity index (χ0n) is 65.1. The third-order valence-corrected chi connectivity index (χ3v) is 24.5. The Balaban J connectivity index is 0.000000129. The summed E-state index contributed by atoms with van der Waals surface area (Å²) in [5, 5.41) is 17.5. The zero-order chi connectivity index (χ0) is 78.5. The third kappa shape index (κ3) is 16.4. The number of anilines is 4. The molecule has 16 rings (SSSR count). The van der Waals surface area contributed by atoms with E-state index < -0.39 is 22.7 Å². The number of hydrogen-bond donors (Lipinski definition) is 8. The molecule has 0 radical (unpaired) electrons. The van der Waals surface area contributed by atoms with E-state index in [4.69, 9.17) is 0 Å². The maximum Gasteiger partial charge on any atom is 0.246 e. The van der Waals surface area contributed by atoms with Gasteiger partial charge in [-0.15, -0.1) is 0 Å². The molecule has 4 aliphatic carbocycles. The lowest BCUT2D eigenvalue weighted by Gasteiger charge is -2.41. The molecule has 110 heavy (non-hydrogen) atoms. The molecule has 12 heterocycles. The number of nitrogens with zero attached hydrogens (tertiary/aromatic N) is 12. The van der Waals surface area contributed by atoms with Crippen LogP contribution in [0.4, 0.5) is 40.8 Å². The van der Waals surface area contributed by atoms with Crippen LogP contribution in [0.1, 0.15) is 205 Å². The SMILES string of the molecule is C=CC(=O)N1C[C@@H](Nc2ncnc3[nH]cc([C@@H]4CC4(C)F)c23)CC[C@H]1C(C)C.C=CC(=O)N1C[C@@H](Nc2ncnc3[nH]cc([C@H]4CC4(C)F)c23)CC[C@H]1C(C)C.C=CC(=O)N1C[C@H](Nc2ncnc3[nH]cc([C@@H]4CC4(C)F)c23)CC[C@@H]1CC.C=CC(=O)N1C[C@H](Nc2ncnc3[nH]cc([C@H]4CC4(C)F)c23)CC[C@@H]1CC. The molecule has 0 bridgehead atoms. The Morgan fingerprint density at radius 2 is 0.636 bits per heavy atom. The van der Waals surface area contributed by atoms with Crippen molar-refractivity contribution in [3.63, 3.8) is 0 Å². The molecule has 4 amide bonds. The lowest BCUT2D eigenvalue weighted by atomic mass is 9.90. The van der Waals surface area contributed by atoms with Gasteiger partial charge in [-0.3, -0.25) is 19.2 Å². The van der Waals surface area contributed by atoms with Crippen molar-refractivity contribution in [3.05, 3.63) is 123 Å². The monoisotopic (exact) mass is 1510 g/mol. The minimum atomic E-state index is -1.16. The summed E-state index contributed by atoms with van der Waals surface area (Å²) in [7, 11) is 0. The molecule has 8 N–H and O–H groups in total. The smallest absolute Gasteiger partial charge is 0.246 e. The van der Waals surface area contributed by atoms with Gasteiger partial charge in [-0.2, -0.15) is 0 Å². The Morgan fingerprint density at radius 1 is 0.409 bits per heavy atom. The molecule has 4 saturated carbocycles. The van der Waals surface area contributed by atoms with Gasteiger partial charge in [-0.05, 0) is 176 Å². The summed E-state index contributed by atoms with van der Waals surface area (Å²) in [6, 6.07) is 1.28. The molecular weight excluding hydrogens is 1410 g/mol. The number of piperidine rings is 4. The lowest BCUT2D eigenvalue weighted by molar-refractivity contribution is -0.131. The van der Waals surface area contributed by atoms with Crippen LogP contribution in [0.3, 0.4) is 0 Å². The molecule has 4 unspecified atom stereocenters. The quantitative estimate of drug-likeness (QED) is 0.0260. The molecule has 8 aromatic rings. The van der Waals surface area contributed by atoms with Crippen molar-refractivity contribution in [1.82, 2.24) is 79.4 Å². The Hall–Kier alpha value is -9.76. The number of carbonyl (C=O) groups is 4. The summed E-state index contributed by atoms with van der Waals surface area (Å²) in [4.78, 5) is 104. The fourth-order valence-corrected chi connectivity index (χ4v) is 17.6. The van der Waals surface area contributed by atoms with Gasteiger partial charge in [0.2, 0.25) is 23.6 Å². The van der Waals surface area contributed by atoms with Crippen molar-refractivity contribution in [1.29, 1.82) is 0 Å². The molecule has 588 valence electrons. The van der Waals surface area contributed by atoms with E-state index >= 15 is 0 Å². The summed E-state index contributed by atoms with van der Waals surface area (Å²) < 4.78 is 57.2. The first-order chi connectivity index (χ1) is 52.5. The van der Waals surface area contributed by atoms with E-state index in [2.05, 4.69) is 149 Å². The van der Waals surface area contributed by atoms with Crippen LogP contribution in [0.25, 0.3) is 44.1 Å². The first-order valence-electron chi connectivity index (χ1n) is 39.3. The van der Waals surface area contributed by atoms with Gasteiger partial charge in [0.25, 0.3) is 0 Å². The third-order valence-electron chi connectivity index (χ3n) is 24.5. The standard InChI is InChI=1S/2C21H28FN5O.2C20H26FN5O/c2*1-5-17(28)27-10-13(6-7-16(27)12(2)3)26-20-18-14(15-8-21(15,4)22)9-23-19(18)24-11-25-20;2*1-4-13-7-6-12(10-26(13)16(27)5-2)25-19-17-14(15-8-20(15,3)21)9-22-18(17)23-11-24-19/h2*5,9,11-13,15-16H,1,6-8,10H2,2-4H3,(H2,23,24,25,26);2*5,9,11-13,15H,2,4,6-8,10H2,1,3H3,(H2,22,23,24,25)/t13-,15+,16-,21?;13-,15-,16-,21?;12-,13+,15+,20?;12-,13+,15-,20?/m0011/s1. The Bertz CT molecular complexity index is 4440. The highest BCUT2D eigenvalue weighted by atomic mass is 19.2. The normalized spacial score (nSPS) is 30.1. The summed E-state index contributed by atoms with van der Waals surface area (Å²) in [5.41, 5.74) is 1.93. The molecule has 4 aliphatic heterocycles. The van der Waals surface area contributed by atoms with Crippen LogP contribution < -0.4 is 21.3 Å². The van der Waals surface area contributed by atoms with E-state index in [1.807, 2.05) is 44.4 Å². The number of amides is 4. The Labute approximate surface area is 640 Å². The number of fused-ring (bicyclic) bond motifs is 4. The van der Waals surface area contributed by atoms with Crippen molar-refractivity contribution < 1.29 is 36.7 Å². The van der Waals surface area contributed by atoms with Crippen LogP contribution >= 0.6 is 0 Å². The highest BCUT2D eigenvalue weighted by Crippen LogP contribution is 2.59. The first-order valence-corrected chi connectivity index (χ1v) is 39.3. The topological polar surface area (TPSA) is 296 Å². The number of alkyl halides is 4. The van der Waals surface area contributed by atoms with E-state index in [9.17, 15) is 36.7 Å². The first kappa shape index (κ1) is 78.4. The maximum absolute atomic E-state index is 14.3. The summed E-state index contributed by atoms with van der Waals surface area (Å²) in [6.45, 7) is 36.3. The maximum atomic E-state index is 14.3. The highest BCUT2D eigenvalue weighted by Gasteiger charge is 2.56. The highest BCUT2D eigenvalue weighted by molar-refractivity contribution is 5.95. The molecular formula is C82H108F4N20O4. The predicted molar refractivity (Wildman–Crippen MR) is 423 cm³/mol. The van der Waals surface area contributed by atoms with Gasteiger partial charge in [0.05, 0.1) is 21.5 Å². The number of aromatic nitrogens is 12. The number of hydrogen-bond acceptors (Lipinski definition) is 16. The Morgan fingerprint density at radius 3 is 0.855 bits per heavy atom.